The van der Waals surface area contributed by atoms with Gasteiger partial charge in [0, 0.05) is 11.1 Å². The number of hydrogen-bond donors (Lipinski definition) is 1. The van der Waals surface area contributed by atoms with Crippen LogP contribution in [0.4, 0.5) is 0 Å². The molecule has 0 fully saturated rings. The first-order valence-electron chi connectivity index (χ1n) is 6.62. The van der Waals surface area contributed by atoms with Crippen molar-refractivity contribution in [1.82, 2.24) is 0 Å². The lowest BCUT2D eigenvalue weighted by atomic mass is 10.1. The van der Waals surface area contributed by atoms with Crippen LogP contribution in [0.3, 0.4) is 0 Å². The Labute approximate surface area is 129 Å². The molecule has 0 unspecified atom stereocenters. The van der Waals surface area contributed by atoms with Crippen molar-refractivity contribution in [3.8, 4) is 11.5 Å². The molecular weight excluding hydrogens is 280 g/mol. The third kappa shape index (κ3) is 5.63. The van der Waals surface area contributed by atoms with Crippen molar-refractivity contribution in [2.24, 2.45) is 0 Å². The number of phenolic OH excluding ortho intramolecular Hbond substituents is 1. The molecular formula is C18H18O4. The van der Waals surface area contributed by atoms with Crippen LogP contribution in [-0.4, -0.2) is 16.7 Å². The van der Waals surface area contributed by atoms with Crippen molar-refractivity contribution in [2.75, 3.05) is 0 Å². The number of benzene rings is 2. The van der Waals surface area contributed by atoms with E-state index in [1.165, 1.54) is 32.2 Å². The van der Waals surface area contributed by atoms with Gasteiger partial charge in [-0.1, -0.05) is 30.8 Å². The Hall–Kier alpha value is -2.88. The van der Waals surface area contributed by atoms with Gasteiger partial charge >= 0.3 is 0 Å². The molecule has 0 radical (unpaired) electrons. The number of ketones is 2. The van der Waals surface area contributed by atoms with Crippen LogP contribution in [-0.2, 0) is 0 Å². The summed E-state index contributed by atoms with van der Waals surface area (Å²) in [6, 6.07) is 13.3. The summed E-state index contributed by atoms with van der Waals surface area (Å²) < 4.78 is 5.01. The monoisotopic (exact) mass is 298 g/mol. The maximum atomic E-state index is 10.9. The van der Waals surface area contributed by atoms with Crippen molar-refractivity contribution in [3.63, 3.8) is 0 Å². The van der Waals surface area contributed by atoms with E-state index in [-0.39, 0.29) is 17.3 Å². The minimum atomic E-state index is -0.0316. The van der Waals surface area contributed by atoms with Crippen LogP contribution in [0, 0.1) is 0 Å². The summed E-state index contributed by atoms with van der Waals surface area (Å²) >= 11 is 0. The van der Waals surface area contributed by atoms with Gasteiger partial charge in [0.2, 0.25) is 0 Å². The molecule has 0 aromatic heterocycles. The molecule has 0 saturated heterocycles. The van der Waals surface area contributed by atoms with E-state index in [2.05, 4.69) is 6.58 Å². The maximum absolute atomic E-state index is 10.9. The summed E-state index contributed by atoms with van der Waals surface area (Å²) in [5.74, 6) is 0.769. The molecule has 4 nitrogen and oxygen atoms in total. The number of ether oxygens (including phenoxy) is 1. The quantitative estimate of drug-likeness (QED) is 0.684. The van der Waals surface area contributed by atoms with Crippen molar-refractivity contribution in [2.45, 2.75) is 13.8 Å². The van der Waals surface area contributed by atoms with Gasteiger partial charge in [0.05, 0.1) is 6.26 Å². The molecule has 0 saturated carbocycles. The molecule has 114 valence electrons. The van der Waals surface area contributed by atoms with Crippen molar-refractivity contribution < 1.29 is 19.4 Å². The number of aromatic hydroxyl groups is 1. The first-order valence-corrected chi connectivity index (χ1v) is 6.62. The van der Waals surface area contributed by atoms with Crippen molar-refractivity contribution in [3.05, 3.63) is 72.5 Å². The maximum Gasteiger partial charge on any atom is 0.159 e. The van der Waals surface area contributed by atoms with Gasteiger partial charge in [-0.3, -0.25) is 9.59 Å². The molecule has 0 aliphatic carbocycles. The highest BCUT2D eigenvalue weighted by Gasteiger charge is 1.99. The largest absolute Gasteiger partial charge is 0.508 e. The smallest absolute Gasteiger partial charge is 0.159 e. The summed E-state index contributed by atoms with van der Waals surface area (Å²) in [6.45, 7) is 6.41. The molecule has 0 aliphatic rings. The number of Topliss-reactive ketones (excluding diaryl/α,β-unsaturated/α-hetero) is 2. The van der Waals surface area contributed by atoms with E-state index in [4.69, 9.17) is 9.84 Å². The zero-order chi connectivity index (χ0) is 16.5. The highest BCUT2D eigenvalue weighted by molar-refractivity contribution is 5.94. The van der Waals surface area contributed by atoms with Crippen LogP contribution in [0.5, 0.6) is 11.5 Å². The standard InChI is InChI=1S/C10H10O2.C8H8O2/c1-3-12-10-6-4-5-9(7-10)8(2)11;1-6(9)7-3-2-4-8(10)5-7/h3-7H,1H2,2H3;2-5,10H,1H3. The summed E-state index contributed by atoms with van der Waals surface area (Å²) in [6.07, 6.45) is 1.33. The Morgan fingerprint density at radius 1 is 1.00 bits per heavy atom. The van der Waals surface area contributed by atoms with Crippen LogP contribution < -0.4 is 4.74 Å². The highest BCUT2D eigenvalue weighted by Crippen LogP contribution is 2.13. The molecule has 1 N–H and O–H groups in total. The van der Waals surface area contributed by atoms with Crippen LogP contribution >= 0.6 is 0 Å². The predicted molar refractivity (Wildman–Crippen MR) is 85.4 cm³/mol. The third-order valence-electron chi connectivity index (χ3n) is 2.71. The molecule has 0 spiro atoms. The highest BCUT2D eigenvalue weighted by atomic mass is 16.5. The average molecular weight is 298 g/mol. The van der Waals surface area contributed by atoms with Crippen LogP contribution in [0.25, 0.3) is 0 Å². The molecule has 2 aromatic carbocycles. The Bertz CT molecular complexity index is 674. The lowest BCUT2D eigenvalue weighted by Crippen LogP contribution is -1.91. The summed E-state index contributed by atoms with van der Waals surface area (Å²) in [7, 11) is 0. The van der Waals surface area contributed by atoms with Crippen molar-refractivity contribution >= 4 is 11.6 Å². The lowest BCUT2D eigenvalue weighted by molar-refractivity contribution is 0.100. The molecule has 0 aliphatic heterocycles. The summed E-state index contributed by atoms with van der Waals surface area (Å²) in [5, 5.41) is 8.91. The molecule has 22 heavy (non-hydrogen) atoms. The van der Waals surface area contributed by atoms with Gasteiger partial charge in [-0.15, -0.1) is 0 Å². The number of rotatable bonds is 4. The van der Waals surface area contributed by atoms with E-state index in [1.807, 2.05) is 0 Å². The van der Waals surface area contributed by atoms with E-state index in [0.29, 0.717) is 16.9 Å². The molecule has 0 heterocycles. The fourth-order valence-corrected chi connectivity index (χ4v) is 1.61. The Kier molecular flexibility index (Phi) is 6.57. The van der Waals surface area contributed by atoms with Gasteiger partial charge in [-0.05, 0) is 38.1 Å². The molecule has 0 amide bonds. The predicted octanol–water partition coefficient (Wildman–Crippen LogP) is 4.01. The van der Waals surface area contributed by atoms with Gasteiger partial charge in [0.1, 0.15) is 11.5 Å². The second-order valence-electron chi connectivity index (χ2n) is 4.48. The van der Waals surface area contributed by atoms with E-state index < -0.39 is 0 Å². The number of carbonyl (C=O) groups is 2. The number of hydrogen-bond acceptors (Lipinski definition) is 4. The minimum Gasteiger partial charge on any atom is -0.508 e. The zero-order valence-electron chi connectivity index (χ0n) is 12.6. The van der Waals surface area contributed by atoms with E-state index in [9.17, 15) is 9.59 Å². The van der Waals surface area contributed by atoms with E-state index in [1.54, 1.807) is 36.4 Å². The molecule has 0 bridgehead atoms. The molecule has 2 aromatic rings. The van der Waals surface area contributed by atoms with E-state index >= 15 is 0 Å². The minimum absolute atomic E-state index is 0.0316. The second kappa shape index (κ2) is 8.42. The normalized spacial score (nSPS) is 9.18. The number of phenols is 1. The first-order chi connectivity index (χ1) is 10.4. The second-order valence-corrected chi connectivity index (χ2v) is 4.48. The molecule has 0 atom stereocenters. The van der Waals surface area contributed by atoms with Crippen molar-refractivity contribution in [1.29, 1.82) is 0 Å². The lowest BCUT2D eigenvalue weighted by Gasteiger charge is -2.00. The van der Waals surface area contributed by atoms with Gasteiger partial charge in [0.25, 0.3) is 0 Å². The Balaban J connectivity index is 0.000000224. The SMILES string of the molecule is C=COc1cccc(C(C)=O)c1.CC(=O)c1cccc(O)c1. The zero-order valence-corrected chi connectivity index (χ0v) is 12.6. The van der Waals surface area contributed by atoms with Gasteiger partial charge in [0.15, 0.2) is 11.6 Å². The van der Waals surface area contributed by atoms with Crippen LogP contribution in [0.15, 0.2) is 61.4 Å². The van der Waals surface area contributed by atoms with E-state index in [0.717, 1.165) is 0 Å². The molecule has 4 heteroatoms. The summed E-state index contributed by atoms with van der Waals surface area (Å²) in [5.41, 5.74) is 1.19. The van der Waals surface area contributed by atoms with Gasteiger partial charge in [-0.25, -0.2) is 0 Å². The fraction of sp³-hybridized carbons (Fsp3) is 0.111. The number of carbonyl (C=O) groups excluding carboxylic acids is 2. The first kappa shape index (κ1) is 17.2. The van der Waals surface area contributed by atoms with Crippen LogP contribution in [0.2, 0.25) is 0 Å². The third-order valence-corrected chi connectivity index (χ3v) is 2.71. The van der Waals surface area contributed by atoms with Crippen LogP contribution in [0.1, 0.15) is 34.6 Å². The fourth-order valence-electron chi connectivity index (χ4n) is 1.61. The van der Waals surface area contributed by atoms with Gasteiger partial charge in [-0.2, -0.15) is 0 Å². The Morgan fingerprint density at radius 2 is 1.55 bits per heavy atom. The topological polar surface area (TPSA) is 63.6 Å². The Morgan fingerprint density at radius 3 is 2.00 bits per heavy atom. The molecule has 2 rings (SSSR count). The summed E-state index contributed by atoms with van der Waals surface area (Å²) in [4.78, 5) is 21.6. The average Bonchev–Trinajstić information content (AvgIpc) is 2.48. The van der Waals surface area contributed by atoms with Gasteiger partial charge < -0.3 is 9.84 Å².